The summed E-state index contributed by atoms with van der Waals surface area (Å²) in [7, 11) is 0. The van der Waals surface area contributed by atoms with Crippen molar-refractivity contribution in [3.63, 3.8) is 0 Å². The first kappa shape index (κ1) is 10.8. The molecule has 0 aliphatic rings. The fourth-order valence-corrected chi connectivity index (χ4v) is 1.69. The third-order valence-electron chi connectivity index (χ3n) is 1.92. The molecule has 1 unspecified atom stereocenters. The summed E-state index contributed by atoms with van der Waals surface area (Å²) in [6.45, 7) is 0. The molecule has 0 heterocycles. The van der Waals surface area contributed by atoms with Gasteiger partial charge in [0.15, 0.2) is 11.1 Å². The Kier molecular flexibility index (Phi) is 3.35. The molecule has 0 aromatic heterocycles. The molecule has 3 nitrogen and oxygen atoms in total. The molecule has 1 atom stereocenters. The molecule has 0 saturated carbocycles. The maximum atomic E-state index is 10.8. The second kappa shape index (κ2) is 4.32. The Hall–Kier alpha value is -1.23. The Balaban J connectivity index is 0.000000980. The first-order chi connectivity index (χ1) is 6.27. The predicted octanol–water partition coefficient (Wildman–Crippen LogP) is 1.84. The lowest BCUT2D eigenvalue weighted by atomic mass is 10.1. The van der Waals surface area contributed by atoms with Crippen molar-refractivity contribution in [3.8, 4) is 0 Å². The predicted molar refractivity (Wildman–Crippen MR) is 58.7 cm³/mol. The third-order valence-corrected chi connectivity index (χ3v) is 2.58. The molecule has 0 aliphatic heterocycles. The number of hydrogen-bond donors (Lipinski definition) is 1. The molecule has 2 aromatic carbocycles. The van der Waals surface area contributed by atoms with Crippen LogP contribution in [0.5, 0.6) is 0 Å². The zero-order chi connectivity index (χ0) is 9.26. The third kappa shape index (κ3) is 1.98. The van der Waals surface area contributed by atoms with Gasteiger partial charge in [-0.15, -0.1) is 0 Å². The first-order valence-electron chi connectivity index (χ1n) is 3.87. The van der Waals surface area contributed by atoms with Gasteiger partial charge in [-0.3, -0.25) is 0 Å². The van der Waals surface area contributed by atoms with E-state index in [0.29, 0.717) is 4.90 Å². The van der Waals surface area contributed by atoms with Gasteiger partial charge in [-0.1, -0.05) is 30.3 Å². The number of hydrogen-bond acceptors (Lipinski definition) is 1. The van der Waals surface area contributed by atoms with Crippen LogP contribution < -0.4 is 0 Å². The Morgan fingerprint density at radius 3 is 2.36 bits per heavy atom. The highest BCUT2D eigenvalue weighted by molar-refractivity contribution is 7.79. The Labute approximate surface area is 85.5 Å². The molecule has 3 N–H and O–H groups in total. The molecular formula is C10H12O3S. The van der Waals surface area contributed by atoms with E-state index >= 15 is 0 Å². The molecule has 0 aliphatic carbocycles. The summed E-state index contributed by atoms with van der Waals surface area (Å²) in [6.07, 6.45) is 0. The molecule has 0 radical (unpaired) electrons. The van der Waals surface area contributed by atoms with Gasteiger partial charge in [0.25, 0.3) is 0 Å². The van der Waals surface area contributed by atoms with Gasteiger partial charge in [0.2, 0.25) is 0 Å². The van der Waals surface area contributed by atoms with Crippen LogP contribution in [0.4, 0.5) is 0 Å². The van der Waals surface area contributed by atoms with E-state index in [-0.39, 0.29) is 6.90 Å². The van der Waals surface area contributed by atoms with E-state index < -0.39 is 11.1 Å². The quantitative estimate of drug-likeness (QED) is 0.733. The van der Waals surface area contributed by atoms with Crippen molar-refractivity contribution in [1.82, 2.24) is 0 Å². The van der Waals surface area contributed by atoms with Crippen LogP contribution in [0.2, 0.25) is 0 Å². The highest BCUT2D eigenvalue weighted by Crippen LogP contribution is 2.16. The molecule has 0 saturated heterocycles. The molecule has 76 valence electrons. The maximum absolute atomic E-state index is 10.8. The van der Waals surface area contributed by atoms with Crippen LogP contribution in [0.15, 0.2) is 47.4 Å². The summed E-state index contributed by atoms with van der Waals surface area (Å²) in [4.78, 5) is 0.443. The average Bonchev–Trinajstić information content (AvgIpc) is 2.17. The van der Waals surface area contributed by atoms with Gasteiger partial charge >= 0.3 is 0 Å². The number of fused-ring (bicyclic) bond motifs is 1. The summed E-state index contributed by atoms with van der Waals surface area (Å²) in [5.41, 5.74) is 0. The monoisotopic (exact) mass is 212 g/mol. The summed E-state index contributed by atoms with van der Waals surface area (Å²) >= 11 is -1.88. The van der Waals surface area contributed by atoms with Gasteiger partial charge in [0.05, 0.1) is 4.90 Å². The number of benzene rings is 2. The maximum Gasteiger partial charge on any atom is 0.186 e. The highest BCUT2D eigenvalue weighted by Gasteiger charge is 1.99. The molecule has 0 amide bonds. The van der Waals surface area contributed by atoms with Crippen LogP contribution in [0.25, 0.3) is 10.8 Å². The summed E-state index contributed by atoms with van der Waals surface area (Å²) < 4.78 is 19.6. The van der Waals surface area contributed by atoms with Crippen LogP contribution in [0, 0.1) is 0 Å². The Morgan fingerprint density at radius 1 is 1.07 bits per heavy atom. The highest BCUT2D eigenvalue weighted by atomic mass is 32.2. The second-order valence-electron chi connectivity index (χ2n) is 2.76. The van der Waals surface area contributed by atoms with Gasteiger partial charge in [-0.05, 0) is 22.9 Å². The first-order valence-corrected chi connectivity index (χ1v) is 4.98. The van der Waals surface area contributed by atoms with Crippen LogP contribution >= 0.6 is 0 Å². The van der Waals surface area contributed by atoms with E-state index in [9.17, 15) is 4.21 Å². The van der Waals surface area contributed by atoms with E-state index in [1.165, 1.54) is 0 Å². The van der Waals surface area contributed by atoms with Crippen molar-refractivity contribution in [1.29, 1.82) is 0 Å². The summed E-state index contributed by atoms with van der Waals surface area (Å²) in [6, 6.07) is 13.0. The lowest BCUT2D eigenvalue weighted by Gasteiger charge is -1.98. The fraction of sp³-hybridized carbons (Fsp3) is 0. The van der Waals surface area contributed by atoms with E-state index in [0.717, 1.165) is 10.8 Å². The molecular weight excluding hydrogens is 200 g/mol. The van der Waals surface area contributed by atoms with Gasteiger partial charge in [0, 0.05) is 1.43 Å². The molecule has 0 spiro atoms. The average molecular weight is 212 g/mol. The van der Waals surface area contributed by atoms with Crippen LogP contribution in [-0.4, -0.2) is 14.2 Å². The topological polar surface area (TPSA) is 68.8 Å². The van der Waals surface area contributed by atoms with E-state index in [4.69, 9.17) is 4.55 Å². The zero-order valence-corrected chi connectivity index (χ0v) is 8.12. The largest absolute Gasteiger partial charge is 0.412 e. The van der Waals surface area contributed by atoms with Crippen molar-refractivity contribution in [2.24, 2.45) is 0 Å². The smallest absolute Gasteiger partial charge is 0.186 e. The van der Waals surface area contributed by atoms with Crippen molar-refractivity contribution in [2.45, 2.75) is 4.90 Å². The molecule has 4 heteroatoms. The minimum Gasteiger partial charge on any atom is -0.412 e. The molecule has 0 fully saturated rings. The molecule has 2 rings (SSSR count). The van der Waals surface area contributed by atoms with Crippen LogP contribution in [0.3, 0.4) is 0 Å². The Bertz CT molecular complexity index is 473. The summed E-state index contributed by atoms with van der Waals surface area (Å²) in [5.74, 6) is 0. The van der Waals surface area contributed by atoms with E-state index in [1.54, 1.807) is 12.1 Å². The molecule has 2 aromatic rings. The van der Waals surface area contributed by atoms with Gasteiger partial charge in [0.1, 0.15) is 0 Å². The van der Waals surface area contributed by atoms with Gasteiger partial charge in [-0.2, -0.15) is 0 Å². The van der Waals surface area contributed by atoms with E-state index in [2.05, 4.69) is 0 Å². The summed E-state index contributed by atoms with van der Waals surface area (Å²) in [5, 5.41) is 2.07. The SMILES string of the molecule is O.O=S(O)c1ccc2ccccc2c1.[HH]. The minimum absolute atomic E-state index is 0. The van der Waals surface area contributed by atoms with Crippen LogP contribution in [-0.2, 0) is 11.1 Å². The Morgan fingerprint density at radius 2 is 1.71 bits per heavy atom. The van der Waals surface area contributed by atoms with Crippen molar-refractivity contribution in [3.05, 3.63) is 42.5 Å². The van der Waals surface area contributed by atoms with Crippen molar-refractivity contribution < 1.29 is 15.7 Å². The lowest BCUT2D eigenvalue weighted by Crippen LogP contribution is -1.87. The number of rotatable bonds is 1. The van der Waals surface area contributed by atoms with Crippen LogP contribution in [0.1, 0.15) is 1.43 Å². The van der Waals surface area contributed by atoms with E-state index in [1.807, 2.05) is 30.3 Å². The normalized spacial score (nSPS) is 12.1. The minimum atomic E-state index is -1.88. The molecule has 0 bridgehead atoms. The standard InChI is InChI=1S/C10H8O2S.H2O.H2/c11-13(12)10-6-5-8-3-1-2-4-9(8)7-10;;/h1-7H,(H,11,12);1H2;1H. The van der Waals surface area contributed by atoms with Crippen molar-refractivity contribution in [2.75, 3.05) is 0 Å². The van der Waals surface area contributed by atoms with Gasteiger partial charge < -0.3 is 10.0 Å². The fourth-order valence-electron chi connectivity index (χ4n) is 1.28. The molecule has 14 heavy (non-hydrogen) atoms. The lowest BCUT2D eigenvalue weighted by molar-refractivity contribution is 0.564. The second-order valence-corrected chi connectivity index (χ2v) is 3.73. The van der Waals surface area contributed by atoms with Gasteiger partial charge in [-0.25, -0.2) is 4.21 Å². The van der Waals surface area contributed by atoms with Crippen molar-refractivity contribution >= 4 is 21.9 Å². The zero-order valence-electron chi connectivity index (χ0n) is 7.31.